The minimum atomic E-state index is -1.07. The molecule has 0 radical (unpaired) electrons. The summed E-state index contributed by atoms with van der Waals surface area (Å²) in [6, 6.07) is 4.12. The number of nitrogens with zero attached hydrogens (tertiary/aromatic N) is 1. The van der Waals surface area contributed by atoms with Crippen LogP contribution in [-0.2, 0) is 0 Å². The SMILES string of the molecule is C#CCNC(C#N)c1c(F)cccc1F. The standard InChI is InChI=1S/C11H8F2N2/c1-2-6-15-10(7-14)11-8(12)4-3-5-9(11)13/h1,3-5,10,15H,6H2. The summed E-state index contributed by atoms with van der Waals surface area (Å²) in [5, 5.41) is 11.3. The number of benzene rings is 1. The van der Waals surface area contributed by atoms with Gasteiger partial charge in [-0.3, -0.25) is 5.32 Å². The normalized spacial score (nSPS) is 11.5. The first-order chi connectivity index (χ1) is 7.20. The van der Waals surface area contributed by atoms with Gasteiger partial charge in [-0.15, -0.1) is 6.42 Å². The third kappa shape index (κ3) is 2.52. The Bertz CT molecular complexity index is 409. The van der Waals surface area contributed by atoms with Crippen LogP contribution >= 0.6 is 0 Å². The van der Waals surface area contributed by atoms with Gasteiger partial charge in [-0.1, -0.05) is 12.0 Å². The monoisotopic (exact) mass is 206 g/mol. The van der Waals surface area contributed by atoms with Gasteiger partial charge >= 0.3 is 0 Å². The van der Waals surface area contributed by atoms with Crippen molar-refractivity contribution >= 4 is 0 Å². The smallest absolute Gasteiger partial charge is 0.131 e. The number of terminal acetylenes is 1. The molecule has 1 aromatic rings. The third-order valence-electron chi connectivity index (χ3n) is 1.83. The molecule has 15 heavy (non-hydrogen) atoms. The van der Waals surface area contributed by atoms with Crippen molar-refractivity contribution in [3.8, 4) is 18.4 Å². The van der Waals surface area contributed by atoms with Crippen molar-refractivity contribution in [2.24, 2.45) is 0 Å². The number of nitriles is 1. The fraction of sp³-hybridized carbons (Fsp3) is 0.182. The molecule has 1 N–H and O–H groups in total. The summed E-state index contributed by atoms with van der Waals surface area (Å²) in [5.74, 6) is 0.718. The molecule has 2 nitrogen and oxygen atoms in total. The van der Waals surface area contributed by atoms with Gasteiger partial charge in [0.25, 0.3) is 0 Å². The number of hydrogen-bond donors (Lipinski definition) is 1. The van der Waals surface area contributed by atoms with E-state index >= 15 is 0 Å². The Labute approximate surface area is 86.5 Å². The minimum Gasteiger partial charge on any atom is -0.287 e. The molecule has 1 unspecified atom stereocenters. The second kappa shape index (κ2) is 5.09. The highest BCUT2D eigenvalue weighted by molar-refractivity contribution is 5.27. The molecule has 0 saturated heterocycles. The van der Waals surface area contributed by atoms with Crippen LogP contribution in [0.2, 0.25) is 0 Å². The molecular formula is C11H8F2N2. The Morgan fingerprint density at radius 1 is 1.40 bits per heavy atom. The van der Waals surface area contributed by atoms with Crippen molar-refractivity contribution in [1.29, 1.82) is 5.26 Å². The maximum absolute atomic E-state index is 13.2. The van der Waals surface area contributed by atoms with Crippen LogP contribution in [0.15, 0.2) is 18.2 Å². The summed E-state index contributed by atoms with van der Waals surface area (Å²) >= 11 is 0. The van der Waals surface area contributed by atoms with E-state index in [0.29, 0.717) is 0 Å². The van der Waals surface area contributed by atoms with Gasteiger partial charge in [0, 0.05) is 0 Å². The van der Waals surface area contributed by atoms with E-state index in [1.54, 1.807) is 6.07 Å². The molecule has 0 fully saturated rings. The van der Waals surface area contributed by atoms with Crippen LogP contribution in [0.5, 0.6) is 0 Å². The van der Waals surface area contributed by atoms with E-state index in [0.717, 1.165) is 12.1 Å². The Morgan fingerprint density at radius 2 is 2.00 bits per heavy atom. The molecule has 1 rings (SSSR count). The molecule has 0 bridgehead atoms. The van der Waals surface area contributed by atoms with Gasteiger partial charge in [-0.2, -0.15) is 5.26 Å². The third-order valence-corrected chi connectivity index (χ3v) is 1.83. The molecule has 76 valence electrons. The topological polar surface area (TPSA) is 35.8 Å². The first-order valence-corrected chi connectivity index (χ1v) is 4.21. The lowest BCUT2D eigenvalue weighted by Gasteiger charge is -2.11. The van der Waals surface area contributed by atoms with Crippen LogP contribution in [-0.4, -0.2) is 6.54 Å². The molecule has 0 aliphatic heterocycles. The second-order valence-electron chi connectivity index (χ2n) is 2.78. The number of halogens is 2. The van der Waals surface area contributed by atoms with Crippen LogP contribution in [0.25, 0.3) is 0 Å². The lowest BCUT2D eigenvalue weighted by molar-refractivity contribution is 0.525. The quantitative estimate of drug-likeness (QED) is 0.765. The van der Waals surface area contributed by atoms with Crippen LogP contribution < -0.4 is 5.32 Å². The zero-order valence-electron chi connectivity index (χ0n) is 7.80. The Balaban J connectivity index is 3.03. The molecule has 0 heterocycles. The first kappa shape index (κ1) is 11.2. The van der Waals surface area contributed by atoms with Gasteiger partial charge in [-0.25, -0.2) is 8.78 Å². The van der Waals surface area contributed by atoms with Gasteiger partial charge < -0.3 is 0 Å². The highest BCUT2D eigenvalue weighted by atomic mass is 19.1. The average molecular weight is 206 g/mol. The van der Waals surface area contributed by atoms with E-state index in [4.69, 9.17) is 11.7 Å². The number of nitrogens with one attached hydrogen (secondary N) is 1. The van der Waals surface area contributed by atoms with E-state index in [1.165, 1.54) is 6.07 Å². The van der Waals surface area contributed by atoms with Crippen LogP contribution in [0.1, 0.15) is 11.6 Å². The molecule has 0 aliphatic carbocycles. The van der Waals surface area contributed by atoms with Crippen molar-refractivity contribution in [1.82, 2.24) is 5.32 Å². The molecule has 0 saturated carbocycles. The number of hydrogen-bond acceptors (Lipinski definition) is 2. The maximum atomic E-state index is 13.2. The van der Waals surface area contributed by atoms with Crippen molar-refractivity contribution in [2.45, 2.75) is 6.04 Å². The molecule has 4 heteroatoms. The zero-order chi connectivity index (χ0) is 11.3. The van der Waals surface area contributed by atoms with E-state index in [1.807, 2.05) is 0 Å². The minimum absolute atomic E-state index is 0.0754. The molecule has 0 aromatic heterocycles. The summed E-state index contributed by atoms with van der Waals surface area (Å²) in [5.41, 5.74) is -0.296. The summed E-state index contributed by atoms with van der Waals surface area (Å²) in [4.78, 5) is 0. The van der Waals surface area contributed by atoms with Crippen molar-refractivity contribution in [3.05, 3.63) is 35.4 Å². The Kier molecular flexibility index (Phi) is 3.79. The summed E-state index contributed by atoms with van der Waals surface area (Å²) in [6.45, 7) is 0.0754. The van der Waals surface area contributed by atoms with Crippen molar-refractivity contribution < 1.29 is 8.78 Å². The summed E-state index contributed by atoms with van der Waals surface area (Å²) in [7, 11) is 0. The predicted octanol–water partition coefficient (Wildman–Crippen LogP) is 1.75. The number of rotatable bonds is 3. The Morgan fingerprint density at radius 3 is 2.47 bits per heavy atom. The van der Waals surface area contributed by atoms with Gasteiger partial charge in [0.2, 0.25) is 0 Å². The van der Waals surface area contributed by atoms with Crippen LogP contribution in [0.3, 0.4) is 0 Å². The van der Waals surface area contributed by atoms with Crippen molar-refractivity contribution in [2.75, 3.05) is 6.54 Å². The first-order valence-electron chi connectivity index (χ1n) is 4.21. The summed E-state index contributed by atoms with van der Waals surface area (Å²) < 4.78 is 26.5. The largest absolute Gasteiger partial charge is 0.287 e. The van der Waals surface area contributed by atoms with Crippen LogP contribution in [0, 0.1) is 35.3 Å². The molecule has 0 amide bonds. The molecule has 0 aliphatic rings. The maximum Gasteiger partial charge on any atom is 0.131 e. The highest BCUT2D eigenvalue weighted by Crippen LogP contribution is 2.19. The average Bonchev–Trinajstić information content (AvgIpc) is 2.22. The van der Waals surface area contributed by atoms with E-state index in [9.17, 15) is 8.78 Å². The van der Waals surface area contributed by atoms with Crippen molar-refractivity contribution in [3.63, 3.8) is 0 Å². The molecule has 1 aromatic carbocycles. The Hall–Kier alpha value is -1.91. The molecule has 0 spiro atoms. The second-order valence-corrected chi connectivity index (χ2v) is 2.78. The van der Waals surface area contributed by atoms with Crippen LogP contribution in [0.4, 0.5) is 8.78 Å². The molecule has 1 atom stereocenters. The van der Waals surface area contributed by atoms with Gasteiger partial charge in [0.05, 0.1) is 18.2 Å². The lowest BCUT2D eigenvalue weighted by Crippen LogP contribution is -2.22. The van der Waals surface area contributed by atoms with E-state index in [2.05, 4.69) is 11.2 Å². The van der Waals surface area contributed by atoms with E-state index in [-0.39, 0.29) is 12.1 Å². The zero-order valence-corrected chi connectivity index (χ0v) is 7.80. The van der Waals surface area contributed by atoms with Gasteiger partial charge in [0.1, 0.15) is 17.7 Å². The molecular weight excluding hydrogens is 198 g/mol. The summed E-state index contributed by atoms with van der Waals surface area (Å²) in [6.07, 6.45) is 4.98. The van der Waals surface area contributed by atoms with Gasteiger partial charge in [0.15, 0.2) is 0 Å². The lowest BCUT2D eigenvalue weighted by atomic mass is 10.1. The van der Waals surface area contributed by atoms with E-state index < -0.39 is 17.7 Å². The fourth-order valence-corrected chi connectivity index (χ4v) is 1.16. The van der Waals surface area contributed by atoms with Gasteiger partial charge in [-0.05, 0) is 12.1 Å². The fourth-order valence-electron chi connectivity index (χ4n) is 1.16. The highest BCUT2D eigenvalue weighted by Gasteiger charge is 2.18. The predicted molar refractivity (Wildman–Crippen MR) is 51.5 cm³/mol.